The molecule has 2 aliphatic carbocycles. The Labute approximate surface area is 191 Å². The molecule has 1 saturated carbocycles. The molecule has 0 radical (unpaired) electrons. The fourth-order valence-electron chi connectivity index (χ4n) is 6.13. The lowest BCUT2D eigenvalue weighted by Gasteiger charge is -2.33. The maximum Gasteiger partial charge on any atom is -0.00574 e. The van der Waals surface area contributed by atoms with Crippen LogP contribution in [0.2, 0.25) is 0 Å². The van der Waals surface area contributed by atoms with Gasteiger partial charge in [0.05, 0.1) is 0 Å². The molecule has 1 fully saturated rings. The maximum absolute atomic E-state index is 2.58. The van der Waals surface area contributed by atoms with Gasteiger partial charge in [-0.25, -0.2) is 0 Å². The topological polar surface area (TPSA) is 0 Å². The van der Waals surface area contributed by atoms with Gasteiger partial charge in [0.1, 0.15) is 0 Å². The second-order valence-electron chi connectivity index (χ2n) is 11.3. The molecule has 2 aromatic rings. The van der Waals surface area contributed by atoms with Crippen LogP contribution in [0.25, 0.3) is 17.2 Å². The van der Waals surface area contributed by atoms with Gasteiger partial charge >= 0.3 is 0 Å². The second kappa shape index (κ2) is 9.35. The van der Waals surface area contributed by atoms with Gasteiger partial charge in [-0.3, -0.25) is 0 Å². The minimum atomic E-state index is 0.147. The summed E-state index contributed by atoms with van der Waals surface area (Å²) in [5.41, 5.74) is 9.67. The monoisotopic (exact) mass is 414 g/mol. The molecule has 0 aromatic heterocycles. The van der Waals surface area contributed by atoms with E-state index in [9.17, 15) is 0 Å². The zero-order valence-electron chi connectivity index (χ0n) is 20.4. The highest BCUT2D eigenvalue weighted by molar-refractivity contribution is 5.82. The van der Waals surface area contributed by atoms with Crippen molar-refractivity contribution in [3.05, 3.63) is 64.7 Å². The highest BCUT2D eigenvalue weighted by Gasteiger charge is 2.31. The largest absolute Gasteiger partial charge is 0.0648 e. The van der Waals surface area contributed by atoms with E-state index in [1.807, 2.05) is 0 Å². The zero-order valence-corrected chi connectivity index (χ0v) is 20.4. The minimum absolute atomic E-state index is 0.147. The lowest BCUT2D eigenvalue weighted by Crippen LogP contribution is -2.21. The lowest BCUT2D eigenvalue weighted by molar-refractivity contribution is 0.215. The van der Waals surface area contributed by atoms with E-state index in [4.69, 9.17) is 0 Å². The molecule has 0 aliphatic heterocycles. The van der Waals surface area contributed by atoms with Gasteiger partial charge in [0.2, 0.25) is 0 Å². The Morgan fingerprint density at radius 2 is 1.42 bits per heavy atom. The predicted octanol–water partition coefficient (Wildman–Crippen LogP) is 9.51. The van der Waals surface area contributed by atoms with Crippen LogP contribution in [0.3, 0.4) is 0 Å². The van der Waals surface area contributed by atoms with Crippen molar-refractivity contribution in [2.45, 2.75) is 104 Å². The molecular formula is C31H42. The van der Waals surface area contributed by atoms with Crippen LogP contribution >= 0.6 is 0 Å². The molecule has 0 nitrogen and oxygen atoms in total. The summed E-state index contributed by atoms with van der Waals surface area (Å²) in [5.74, 6) is 0. The van der Waals surface area contributed by atoms with Crippen molar-refractivity contribution in [2.75, 3.05) is 0 Å². The maximum atomic E-state index is 2.58. The number of hydrogen-bond acceptors (Lipinski definition) is 0. The molecule has 0 bridgehead atoms. The number of fused-ring (bicyclic) bond motifs is 1. The molecule has 0 heterocycles. The summed E-state index contributed by atoms with van der Waals surface area (Å²) in [6, 6.07) is 16.0. The summed E-state index contributed by atoms with van der Waals surface area (Å²) in [4.78, 5) is 0. The first-order chi connectivity index (χ1) is 14.9. The van der Waals surface area contributed by atoms with Crippen LogP contribution in [-0.2, 0) is 11.8 Å². The highest BCUT2D eigenvalue weighted by atomic mass is 14.4. The Bertz CT molecular complexity index is 911. The summed E-state index contributed by atoms with van der Waals surface area (Å²) in [7, 11) is 0. The third-order valence-corrected chi connectivity index (χ3v) is 8.00. The van der Waals surface area contributed by atoms with E-state index in [-0.39, 0.29) is 5.41 Å². The van der Waals surface area contributed by atoms with E-state index in [0.717, 1.165) is 6.42 Å². The van der Waals surface area contributed by atoms with Gasteiger partial charge in [0, 0.05) is 0 Å². The van der Waals surface area contributed by atoms with E-state index in [0.29, 0.717) is 5.41 Å². The fourth-order valence-corrected chi connectivity index (χ4v) is 6.13. The van der Waals surface area contributed by atoms with Gasteiger partial charge in [0.15, 0.2) is 0 Å². The van der Waals surface area contributed by atoms with Crippen molar-refractivity contribution in [1.29, 1.82) is 0 Å². The van der Waals surface area contributed by atoms with Crippen molar-refractivity contribution in [2.24, 2.45) is 5.41 Å². The average molecular weight is 415 g/mol. The van der Waals surface area contributed by atoms with Crippen LogP contribution in [0.4, 0.5) is 0 Å². The average Bonchev–Trinajstić information content (AvgIpc) is 3.20. The molecule has 2 aliphatic rings. The van der Waals surface area contributed by atoms with Crippen LogP contribution < -0.4 is 0 Å². The number of rotatable bonds is 4. The Hall–Kier alpha value is -1.82. The quantitative estimate of drug-likeness (QED) is 0.467. The molecule has 0 amide bonds. The Balaban J connectivity index is 1.66. The Morgan fingerprint density at radius 1 is 0.774 bits per heavy atom. The van der Waals surface area contributed by atoms with Crippen LogP contribution in [0.1, 0.15) is 109 Å². The van der Waals surface area contributed by atoms with E-state index < -0.39 is 0 Å². The number of benzene rings is 2. The number of allylic oxidation sites excluding steroid dienone is 1. The molecule has 0 spiro atoms. The summed E-state index contributed by atoms with van der Waals surface area (Å²) in [5, 5.41) is 0. The molecule has 2 aromatic carbocycles. The second-order valence-corrected chi connectivity index (χ2v) is 11.3. The van der Waals surface area contributed by atoms with Gasteiger partial charge in [-0.05, 0) is 64.3 Å². The van der Waals surface area contributed by atoms with E-state index >= 15 is 0 Å². The van der Waals surface area contributed by atoms with Crippen molar-refractivity contribution in [3.8, 4) is 11.1 Å². The van der Waals surface area contributed by atoms with Gasteiger partial charge in [-0.1, -0.05) is 127 Å². The van der Waals surface area contributed by atoms with Crippen molar-refractivity contribution in [3.63, 3.8) is 0 Å². The van der Waals surface area contributed by atoms with Crippen molar-refractivity contribution >= 4 is 6.08 Å². The third-order valence-electron chi connectivity index (χ3n) is 8.00. The predicted molar refractivity (Wildman–Crippen MR) is 137 cm³/mol. The first-order valence-electron chi connectivity index (χ1n) is 12.8. The Kier molecular flexibility index (Phi) is 6.75. The molecule has 0 heteroatoms. The molecular weight excluding hydrogens is 372 g/mol. The first-order valence-corrected chi connectivity index (χ1v) is 12.8. The molecule has 0 atom stereocenters. The van der Waals surface area contributed by atoms with Crippen LogP contribution in [0.15, 0.2) is 48.0 Å². The Morgan fingerprint density at radius 3 is 2.10 bits per heavy atom. The van der Waals surface area contributed by atoms with E-state index in [1.165, 1.54) is 92.0 Å². The smallest absolute Gasteiger partial charge is 0.00574 e. The minimum Gasteiger partial charge on any atom is -0.0648 e. The van der Waals surface area contributed by atoms with Gasteiger partial charge in [0.25, 0.3) is 0 Å². The first kappa shape index (κ1) is 22.4. The summed E-state index contributed by atoms with van der Waals surface area (Å²) in [6.07, 6.45) is 17.9. The summed E-state index contributed by atoms with van der Waals surface area (Å²) < 4.78 is 0. The summed E-state index contributed by atoms with van der Waals surface area (Å²) in [6.45, 7) is 9.45. The molecule has 31 heavy (non-hydrogen) atoms. The van der Waals surface area contributed by atoms with Crippen LogP contribution in [0.5, 0.6) is 0 Å². The molecule has 0 saturated heterocycles. The fraction of sp³-hybridized carbons (Fsp3) is 0.548. The highest BCUT2D eigenvalue weighted by Crippen LogP contribution is 2.46. The molecule has 0 N–H and O–H groups in total. The van der Waals surface area contributed by atoms with Crippen LogP contribution in [-0.4, -0.2) is 0 Å². The molecule has 4 rings (SSSR count). The SMILES string of the molecule is CCC1(CC2=Cc3c(cccc3-c3ccccc3C(C)(C)C)C2)CCCCCCCC1. The molecule has 166 valence electrons. The zero-order chi connectivity index (χ0) is 21.9. The number of hydrogen-bond donors (Lipinski definition) is 0. The van der Waals surface area contributed by atoms with Gasteiger partial charge < -0.3 is 0 Å². The third kappa shape index (κ3) is 5.00. The summed E-state index contributed by atoms with van der Waals surface area (Å²) >= 11 is 0. The van der Waals surface area contributed by atoms with Crippen molar-refractivity contribution in [1.82, 2.24) is 0 Å². The molecule has 0 unspecified atom stereocenters. The van der Waals surface area contributed by atoms with E-state index in [2.05, 4.69) is 76.2 Å². The lowest BCUT2D eigenvalue weighted by atomic mass is 9.72. The van der Waals surface area contributed by atoms with Gasteiger partial charge in [-0.15, -0.1) is 0 Å². The normalized spacial score (nSPS) is 19.2. The van der Waals surface area contributed by atoms with Gasteiger partial charge in [-0.2, -0.15) is 0 Å². The van der Waals surface area contributed by atoms with E-state index in [1.54, 1.807) is 5.57 Å². The van der Waals surface area contributed by atoms with Crippen LogP contribution in [0, 0.1) is 5.41 Å². The van der Waals surface area contributed by atoms with Crippen molar-refractivity contribution < 1.29 is 0 Å². The standard InChI is InChI=1S/C31H42/c1-5-31(19-12-8-6-7-9-13-20-31)23-24-21-25-15-14-17-26(28(25)22-24)27-16-10-11-18-29(27)30(2,3)4/h10-11,14-18,22H,5-9,12-13,19-21,23H2,1-4H3.